The van der Waals surface area contributed by atoms with E-state index in [2.05, 4.69) is 4.98 Å². The topological polar surface area (TPSA) is 36.7 Å². The van der Waals surface area contributed by atoms with Crippen molar-refractivity contribution in [3.63, 3.8) is 0 Å². The van der Waals surface area contributed by atoms with Gasteiger partial charge in [-0.1, -0.05) is 6.92 Å². The highest BCUT2D eigenvalue weighted by Crippen LogP contribution is 2.30. The molecule has 0 unspecified atom stereocenters. The molecular weight excluding hydrogens is 193 g/mol. The Morgan fingerprint density at radius 1 is 1.50 bits per heavy atom. The van der Waals surface area contributed by atoms with Crippen LogP contribution in [0, 0.1) is 11.3 Å². The van der Waals surface area contributed by atoms with E-state index in [9.17, 15) is 13.2 Å². The lowest BCUT2D eigenvalue weighted by molar-refractivity contribution is -0.141. The molecule has 0 radical (unpaired) electrons. The minimum atomic E-state index is -4.56. The normalized spacial score (nSPS) is 11.1. The Labute approximate surface area is 79.0 Å². The van der Waals surface area contributed by atoms with Gasteiger partial charge in [-0.05, 0) is 18.1 Å². The van der Waals surface area contributed by atoms with Gasteiger partial charge in [0.2, 0.25) is 0 Å². The van der Waals surface area contributed by atoms with Crippen molar-refractivity contribution in [2.45, 2.75) is 19.5 Å². The lowest BCUT2D eigenvalue weighted by Crippen LogP contribution is -2.11. The third kappa shape index (κ3) is 2.02. The van der Waals surface area contributed by atoms with Crippen molar-refractivity contribution in [3.8, 4) is 6.07 Å². The summed E-state index contributed by atoms with van der Waals surface area (Å²) in [4.78, 5) is 3.24. The van der Waals surface area contributed by atoms with Crippen LogP contribution in [-0.4, -0.2) is 4.98 Å². The first-order valence-electron chi connectivity index (χ1n) is 3.95. The second kappa shape index (κ2) is 3.66. The Hall–Kier alpha value is -1.57. The molecule has 0 spiro atoms. The summed E-state index contributed by atoms with van der Waals surface area (Å²) in [7, 11) is 0. The van der Waals surface area contributed by atoms with Crippen LogP contribution in [0.25, 0.3) is 0 Å². The second-order valence-electron chi connectivity index (χ2n) is 2.70. The van der Waals surface area contributed by atoms with Gasteiger partial charge in [0.1, 0.15) is 6.07 Å². The van der Waals surface area contributed by atoms with Crippen molar-refractivity contribution in [2.75, 3.05) is 0 Å². The molecule has 0 bridgehead atoms. The Balaban J connectivity index is 3.28. The standard InChI is InChI=1S/C9H7F3N2/c1-2-6-3-7(4-13)8(14-5-6)9(10,11)12/h3,5H,2H2,1H3. The number of hydrogen-bond acceptors (Lipinski definition) is 2. The van der Waals surface area contributed by atoms with Gasteiger partial charge in [0, 0.05) is 6.20 Å². The highest BCUT2D eigenvalue weighted by molar-refractivity contribution is 5.37. The second-order valence-corrected chi connectivity index (χ2v) is 2.70. The minimum absolute atomic E-state index is 0.420. The van der Waals surface area contributed by atoms with E-state index in [0.717, 1.165) is 6.20 Å². The van der Waals surface area contributed by atoms with E-state index in [1.54, 1.807) is 6.92 Å². The van der Waals surface area contributed by atoms with Crippen LogP contribution < -0.4 is 0 Å². The Morgan fingerprint density at radius 2 is 2.14 bits per heavy atom. The third-order valence-corrected chi connectivity index (χ3v) is 1.74. The van der Waals surface area contributed by atoms with Crippen LogP contribution in [0.3, 0.4) is 0 Å². The number of aromatic nitrogens is 1. The molecule has 0 saturated heterocycles. The highest BCUT2D eigenvalue weighted by atomic mass is 19.4. The zero-order chi connectivity index (χ0) is 10.8. The van der Waals surface area contributed by atoms with E-state index >= 15 is 0 Å². The first-order chi connectivity index (χ1) is 6.49. The lowest BCUT2D eigenvalue weighted by Gasteiger charge is -2.07. The van der Waals surface area contributed by atoms with Crippen LogP contribution >= 0.6 is 0 Å². The minimum Gasteiger partial charge on any atom is -0.250 e. The van der Waals surface area contributed by atoms with E-state index in [1.165, 1.54) is 12.1 Å². The van der Waals surface area contributed by atoms with Gasteiger partial charge in [-0.3, -0.25) is 4.98 Å². The molecule has 1 heterocycles. The molecule has 5 heteroatoms. The summed E-state index contributed by atoms with van der Waals surface area (Å²) in [6, 6.07) is 2.71. The summed E-state index contributed by atoms with van der Waals surface area (Å²) in [5, 5.41) is 8.51. The zero-order valence-corrected chi connectivity index (χ0v) is 7.39. The van der Waals surface area contributed by atoms with Crippen molar-refractivity contribution in [1.82, 2.24) is 4.98 Å². The summed E-state index contributed by atoms with van der Waals surface area (Å²) in [6.07, 6.45) is -2.86. The molecule has 0 N–H and O–H groups in total. The van der Waals surface area contributed by atoms with Crippen LogP contribution in [0.15, 0.2) is 12.3 Å². The van der Waals surface area contributed by atoms with E-state index < -0.39 is 17.4 Å². The zero-order valence-electron chi connectivity index (χ0n) is 7.39. The molecule has 0 aliphatic heterocycles. The molecule has 0 saturated carbocycles. The Bertz CT molecular complexity index is 377. The fourth-order valence-electron chi connectivity index (χ4n) is 1.01. The number of hydrogen-bond donors (Lipinski definition) is 0. The van der Waals surface area contributed by atoms with Gasteiger partial charge < -0.3 is 0 Å². The molecule has 0 atom stereocenters. The number of rotatable bonds is 1. The number of alkyl halides is 3. The number of pyridine rings is 1. The maximum absolute atomic E-state index is 12.3. The maximum Gasteiger partial charge on any atom is 0.434 e. The van der Waals surface area contributed by atoms with E-state index in [4.69, 9.17) is 5.26 Å². The van der Waals surface area contributed by atoms with Crippen LogP contribution in [0.4, 0.5) is 13.2 Å². The predicted octanol–water partition coefficient (Wildman–Crippen LogP) is 2.53. The first kappa shape index (κ1) is 10.5. The highest BCUT2D eigenvalue weighted by Gasteiger charge is 2.35. The van der Waals surface area contributed by atoms with Crippen molar-refractivity contribution < 1.29 is 13.2 Å². The summed E-state index contributed by atoms with van der Waals surface area (Å²) < 4.78 is 36.8. The summed E-state index contributed by atoms with van der Waals surface area (Å²) in [5.41, 5.74) is -0.913. The number of halogens is 3. The number of aryl methyl sites for hydroxylation is 1. The summed E-state index contributed by atoms with van der Waals surface area (Å²) in [6.45, 7) is 1.78. The van der Waals surface area contributed by atoms with Crippen LogP contribution in [-0.2, 0) is 12.6 Å². The molecule has 0 aromatic carbocycles. The quantitative estimate of drug-likeness (QED) is 0.698. The molecule has 1 rings (SSSR count). The van der Waals surface area contributed by atoms with Crippen molar-refractivity contribution in [3.05, 3.63) is 29.1 Å². The molecule has 0 amide bonds. The average molecular weight is 200 g/mol. The molecule has 1 aromatic heterocycles. The SMILES string of the molecule is CCc1cnc(C(F)(F)F)c(C#N)c1. The number of nitrogens with zero attached hydrogens (tertiary/aromatic N) is 2. The Kier molecular flexibility index (Phi) is 2.75. The lowest BCUT2D eigenvalue weighted by atomic mass is 10.1. The van der Waals surface area contributed by atoms with Gasteiger partial charge in [-0.2, -0.15) is 18.4 Å². The van der Waals surface area contributed by atoms with Gasteiger partial charge in [0.25, 0.3) is 0 Å². The fraction of sp³-hybridized carbons (Fsp3) is 0.333. The van der Waals surface area contributed by atoms with Crippen LogP contribution in [0.2, 0.25) is 0 Å². The van der Waals surface area contributed by atoms with Crippen molar-refractivity contribution >= 4 is 0 Å². The average Bonchev–Trinajstić information content (AvgIpc) is 2.15. The molecular formula is C9H7F3N2. The smallest absolute Gasteiger partial charge is 0.250 e. The van der Waals surface area contributed by atoms with Gasteiger partial charge >= 0.3 is 6.18 Å². The predicted molar refractivity (Wildman–Crippen MR) is 43.3 cm³/mol. The molecule has 0 aliphatic carbocycles. The van der Waals surface area contributed by atoms with E-state index in [-0.39, 0.29) is 0 Å². The monoisotopic (exact) mass is 200 g/mol. The molecule has 14 heavy (non-hydrogen) atoms. The Morgan fingerprint density at radius 3 is 2.57 bits per heavy atom. The van der Waals surface area contributed by atoms with Gasteiger partial charge in [0.05, 0.1) is 5.56 Å². The summed E-state index contributed by atoms with van der Waals surface area (Å²) >= 11 is 0. The first-order valence-corrected chi connectivity index (χ1v) is 3.95. The van der Waals surface area contributed by atoms with Crippen LogP contribution in [0.5, 0.6) is 0 Å². The largest absolute Gasteiger partial charge is 0.434 e. The summed E-state index contributed by atoms with van der Waals surface area (Å²) in [5.74, 6) is 0. The molecule has 1 aromatic rings. The maximum atomic E-state index is 12.3. The molecule has 2 nitrogen and oxygen atoms in total. The van der Waals surface area contributed by atoms with E-state index in [1.807, 2.05) is 0 Å². The van der Waals surface area contributed by atoms with Crippen molar-refractivity contribution in [2.24, 2.45) is 0 Å². The molecule has 74 valence electrons. The number of nitriles is 1. The van der Waals surface area contributed by atoms with Gasteiger partial charge in [0.15, 0.2) is 5.69 Å². The fourth-order valence-corrected chi connectivity index (χ4v) is 1.01. The van der Waals surface area contributed by atoms with E-state index in [0.29, 0.717) is 12.0 Å². The van der Waals surface area contributed by atoms with Gasteiger partial charge in [-0.15, -0.1) is 0 Å². The third-order valence-electron chi connectivity index (χ3n) is 1.74. The van der Waals surface area contributed by atoms with Crippen LogP contribution in [0.1, 0.15) is 23.7 Å². The van der Waals surface area contributed by atoms with Gasteiger partial charge in [-0.25, -0.2) is 0 Å². The molecule has 0 aliphatic rings. The molecule has 0 fully saturated rings. The van der Waals surface area contributed by atoms with Crippen molar-refractivity contribution in [1.29, 1.82) is 5.26 Å².